The fourth-order valence-electron chi connectivity index (χ4n) is 3.82. The quantitative estimate of drug-likeness (QED) is 0.621. The van der Waals surface area contributed by atoms with Gasteiger partial charge in [-0.2, -0.15) is 0 Å². The Bertz CT molecular complexity index is 559. The molecule has 1 unspecified atom stereocenters. The van der Waals surface area contributed by atoms with Gasteiger partial charge in [0.05, 0.1) is 7.11 Å². The van der Waals surface area contributed by atoms with E-state index < -0.39 is 5.92 Å². The topological polar surface area (TPSA) is 49.9 Å². The first-order valence-corrected chi connectivity index (χ1v) is 8.78. The van der Waals surface area contributed by atoms with Crippen LogP contribution in [0.15, 0.2) is 30.3 Å². The molecule has 0 saturated carbocycles. The molecular formula is C19H26N2O3. The van der Waals surface area contributed by atoms with Gasteiger partial charge >= 0.3 is 5.97 Å². The highest BCUT2D eigenvalue weighted by atomic mass is 16.5. The highest BCUT2D eigenvalue weighted by molar-refractivity contribution is 5.99. The van der Waals surface area contributed by atoms with Gasteiger partial charge in [0.1, 0.15) is 11.7 Å². The van der Waals surface area contributed by atoms with Crippen molar-refractivity contribution in [2.45, 2.75) is 31.8 Å². The number of nitrogens with zero attached hydrogens (tertiary/aromatic N) is 2. The predicted molar refractivity (Wildman–Crippen MR) is 91.4 cm³/mol. The van der Waals surface area contributed by atoms with Gasteiger partial charge in [0, 0.05) is 32.1 Å². The summed E-state index contributed by atoms with van der Waals surface area (Å²) in [7, 11) is 1.36. The van der Waals surface area contributed by atoms with Gasteiger partial charge in [-0.25, -0.2) is 0 Å². The summed E-state index contributed by atoms with van der Waals surface area (Å²) in [6.07, 6.45) is 2.65. The minimum atomic E-state index is -0.592. The highest BCUT2D eigenvalue weighted by Crippen LogP contribution is 2.23. The molecule has 0 aromatic heterocycles. The number of hydrogen-bond donors (Lipinski definition) is 0. The van der Waals surface area contributed by atoms with Crippen LogP contribution in [0.2, 0.25) is 0 Å². The SMILES string of the molecule is COC(=O)C1CN(C2CCN(Cc3ccccc3)CC2)CCC1=O. The Kier molecular flexibility index (Phi) is 5.63. The average molecular weight is 330 g/mol. The monoisotopic (exact) mass is 330 g/mol. The van der Waals surface area contributed by atoms with Crippen LogP contribution in [0.25, 0.3) is 0 Å². The molecule has 0 spiro atoms. The summed E-state index contributed by atoms with van der Waals surface area (Å²) in [4.78, 5) is 28.5. The van der Waals surface area contributed by atoms with E-state index in [1.165, 1.54) is 12.7 Å². The first-order valence-electron chi connectivity index (χ1n) is 8.78. The first kappa shape index (κ1) is 17.1. The zero-order chi connectivity index (χ0) is 16.9. The van der Waals surface area contributed by atoms with Crippen LogP contribution in [0.5, 0.6) is 0 Å². The van der Waals surface area contributed by atoms with E-state index in [0.717, 1.165) is 39.0 Å². The maximum Gasteiger partial charge on any atom is 0.317 e. The molecule has 2 fully saturated rings. The van der Waals surface area contributed by atoms with Crippen LogP contribution < -0.4 is 0 Å². The number of ether oxygens (including phenoxy) is 1. The summed E-state index contributed by atoms with van der Waals surface area (Å²) < 4.78 is 4.78. The van der Waals surface area contributed by atoms with E-state index in [-0.39, 0.29) is 11.8 Å². The number of carbonyl (C=O) groups is 2. The molecule has 0 bridgehead atoms. The maximum absolute atomic E-state index is 11.9. The molecule has 1 aromatic rings. The number of likely N-dealkylation sites (tertiary alicyclic amines) is 2. The third-order valence-electron chi connectivity index (χ3n) is 5.26. The van der Waals surface area contributed by atoms with Crippen molar-refractivity contribution in [1.29, 1.82) is 0 Å². The molecular weight excluding hydrogens is 304 g/mol. The van der Waals surface area contributed by atoms with Gasteiger partial charge in [0.2, 0.25) is 0 Å². The molecule has 2 aliphatic rings. The second kappa shape index (κ2) is 7.90. The van der Waals surface area contributed by atoms with Gasteiger partial charge in [-0.15, -0.1) is 0 Å². The van der Waals surface area contributed by atoms with Crippen molar-refractivity contribution in [1.82, 2.24) is 9.80 Å². The number of piperidine rings is 2. The molecule has 24 heavy (non-hydrogen) atoms. The van der Waals surface area contributed by atoms with Crippen molar-refractivity contribution in [2.24, 2.45) is 5.92 Å². The van der Waals surface area contributed by atoms with E-state index in [1.807, 2.05) is 6.07 Å². The average Bonchev–Trinajstić information content (AvgIpc) is 2.63. The largest absolute Gasteiger partial charge is 0.468 e. The summed E-state index contributed by atoms with van der Waals surface area (Å²) in [5.74, 6) is -0.947. The van der Waals surface area contributed by atoms with E-state index in [0.29, 0.717) is 19.0 Å². The van der Waals surface area contributed by atoms with E-state index in [1.54, 1.807) is 0 Å². The van der Waals surface area contributed by atoms with Gasteiger partial charge < -0.3 is 4.74 Å². The van der Waals surface area contributed by atoms with Crippen molar-refractivity contribution in [3.8, 4) is 0 Å². The molecule has 1 atom stereocenters. The van der Waals surface area contributed by atoms with Crippen molar-refractivity contribution in [3.63, 3.8) is 0 Å². The van der Waals surface area contributed by atoms with Crippen LogP contribution >= 0.6 is 0 Å². The number of carbonyl (C=O) groups excluding carboxylic acids is 2. The Labute approximate surface area is 143 Å². The van der Waals surface area contributed by atoms with Crippen LogP contribution in [0.1, 0.15) is 24.8 Å². The fraction of sp³-hybridized carbons (Fsp3) is 0.579. The fourth-order valence-corrected chi connectivity index (χ4v) is 3.82. The van der Waals surface area contributed by atoms with E-state index in [4.69, 9.17) is 4.74 Å². The van der Waals surface area contributed by atoms with E-state index >= 15 is 0 Å². The number of ketones is 1. The molecule has 1 aromatic carbocycles. The highest BCUT2D eigenvalue weighted by Gasteiger charge is 2.36. The lowest BCUT2D eigenvalue weighted by atomic mass is 9.93. The Morgan fingerprint density at radius 3 is 2.54 bits per heavy atom. The molecule has 0 radical (unpaired) electrons. The van der Waals surface area contributed by atoms with Crippen molar-refractivity contribution in [3.05, 3.63) is 35.9 Å². The van der Waals surface area contributed by atoms with Crippen LogP contribution in [0.3, 0.4) is 0 Å². The standard InChI is InChI=1S/C19H26N2O3/c1-24-19(23)17-14-21(12-9-18(17)22)16-7-10-20(11-8-16)13-15-5-3-2-4-6-15/h2-6,16-17H,7-14H2,1H3. The summed E-state index contributed by atoms with van der Waals surface area (Å²) in [6.45, 7) is 4.42. The molecule has 0 N–H and O–H groups in total. The van der Waals surface area contributed by atoms with E-state index in [2.05, 4.69) is 34.1 Å². The third kappa shape index (κ3) is 4.02. The summed E-state index contributed by atoms with van der Waals surface area (Å²) in [5, 5.41) is 0. The lowest BCUT2D eigenvalue weighted by Gasteiger charge is -2.41. The van der Waals surface area contributed by atoms with Gasteiger partial charge in [-0.05, 0) is 31.5 Å². The predicted octanol–water partition coefficient (Wildman–Crippen LogP) is 1.71. The number of esters is 1. The maximum atomic E-state index is 11.9. The number of rotatable bonds is 4. The number of hydrogen-bond acceptors (Lipinski definition) is 5. The number of Topliss-reactive ketones (excluding diaryl/α,β-unsaturated/α-hetero) is 1. The zero-order valence-electron chi connectivity index (χ0n) is 14.3. The van der Waals surface area contributed by atoms with Crippen LogP contribution in [-0.2, 0) is 20.9 Å². The Hall–Kier alpha value is -1.72. The summed E-state index contributed by atoms with van der Waals surface area (Å²) in [5.41, 5.74) is 1.35. The first-order chi connectivity index (χ1) is 11.7. The van der Waals surface area contributed by atoms with Gasteiger partial charge in [-0.3, -0.25) is 19.4 Å². The van der Waals surface area contributed by atoms with Crippen LogP contribution in [0.4, 0.5) is 0 Å². The minimum Gasteiger partial charge on any atom is -0.468 e. The Morgan fingerprint density at radius 1 is 1.17 bits per heavy atom. The Morgan fingerprint density at radius 2 is 1.88 bits per heavy atom. The second-order valence-electron chi connectivity index (χ2n) is 6.78. The summed E-state index contributed by atoms with van der Waals surface area (Å²) in [6, 6.07) is 11.0. The molecule has 2 heterocycles. The van der Waals surface area contributed by atoms with E-state index in [9.17, 15) is 9.59 Å². The molecule has 2 saturated heterocycles. The van der Waals surface area contributed by atoms with Crippen LogP contribution in [0, 0.1) is 5.92 Å². The minimum absolute atomic E-state index is 0.0274. The molecule has 3 rings (SSSR count). The lowest BCUT2D eigenvalue weighted by molar-refractivity contribution is -0.152. The normalized spacial score (nSPS) is 24.0. The smallest absolute Gasteiger partial charge is 0.317 e. The molecule has 0 amide bonds. The zero-order valence-corrected chi connectivity index (χ0v) is 14.3. The lowest BCUT2D eigenvalue weighted by Crippen LogP contribution is -2.52. The van der Waals surface area contributed by atoms with Crippen molar-refractivity contribution >= 4 is 11.8 Å². The van der Waals surface area contributed by atoms with Crippen molar-refractivity contribution < 1.29 is 14.3 Å². The summed E-state index contributed by atoms with van der Waals surface area (Å²) >= 11 is 0. The molecule has 5 heteroatoms. The molecule has 0 aliphatic carbocycles. The molecule has 130 valence electrons. The van der Waals surface area contributed by atoms with Gasteiger partial charge in [0.25, 0.3) is 0 Å². The molecule has 5 nitrogen and oxygen atoms in total. The van der Waals surface area contributed by atoms with Gasteiger partial charge in [-0.1, -0.05) is 30.3 Å². The van der Waals surface area contributed by atoms with Crippen LogP contribution in [-0.4, -0.2) is 60.9 Å². The second-order valence-corrected chi connectivity index (χ2v) is 6.78. The molecule has 2 aliphatic heterocycles. The van der Waals surface area contributed by atoms with Gasteiger partial charge in [0.15, 0.2) is 0 Å². The number of methoxy groups -OCH3 is 1. The third-order valence-corrected chi connectivity index (χ3v) is 5.26. The Balaban J connectivity index is 1.51. The van der Waals surface area contributed by atoms with Crippen molar-refractivity contribution in [2.75, 3.05) is 33.3 Å². The number of benzene rings is 1.